The highest BCUT2D eigenvalue weighted by atomic mass is 79.9. The van der Waals surface area contributed by atoms with Crippen LogP contribution in [-0.2, 0) is 0 Å². The fourth-order valence-electron chi connectivity index (χ4n) is 0.887. The number of benzene rings is 1. The third-order valence-corrected chi connectivity index (χ3v) is 1.98. The molecule has 0 amide bonds. The molecule has 0 N–H and O–H groups in total. The van der Waals surface area contributed by atoms with Crippen LogP contribution in [0.5, 0.6) is 0 Å². The first-order valence-corrected chi connectivity index (χ1v) is 4.65. The second kappa shape index (κ2) is 4.41. The molecule has 1 aromatic rings. The molecule has 0 heterocycles. The molecule has 0 aliphatic rings. The van der Waals surface area contributed by atoms with E-state index in [1.807, 2.05) is 13.0 Å². The van der Waals surface area contributed by atoms with Crippen LogP contribution in [0.1, 0.15) is 18.9 Å². The maximum Gasteiger partial charge on any atom is 0.130 e. The largest absolute Gasteiger partial charge is 0.206 e. The molecule has 0 spiro atoms. The highest BCUT2D eigenvalue weighted by Gasteiger charge is 1.97. The Labute approximate surface area is 80.2 Å². The molecule has 0 aliphatic heterocycles. The van der Waals surface area contributed by atoms with Crippen molar-refractivity contribution >= 4 is 22.0 Å². The lowest BCUT2D eigenvalue weighted by molar-refractivity contribution is 0.624. The highest BCUT2D eigenvalue weighted by molar-refractivity contribution is 9.10. The first-order valence-electron chi connectivity index (χ1n) is 3.85. The first kappa shape index (κ1) is 9.46. The molecule has 0 atom stereocenters. The molecule has 0 nitrogen and oxygen atoms in total. The van der Waals surface area contributed by atoms with Gasteiger partial charge in [-0.05, 0) is 24.6 Å². The third kappa shape index (κ3) is 2.45. The lowest BCUT2D eigenvalue weighted by Gasteiger charge is -1.96. The van der Waals surface area contributed by atoms with Crippen molar-refractivity contribution in [3.63, 3.8) is 0 Å². The zero-order valence-electron chi connectivity index (χ0n) is 6.85. The Morgan fingerprint density at radius 3 is 2.92 bits per heavy atom. The fraction of sp³-hybridized carbons (Fsp3) is 0.200. The quantitative estimate of drug-likeness (QED) is 0.718. The minimum absolute atomic E-state index is 0.178. The second-order valence-electron chi connectivity index (χ2n) is 2.48. The molecule has 0 fully saturated rings. The van der Waals surface area contributed by atoms with Gasteiger partial charge in [-0.25, -0.2) is 4.39 Å². The summed E-state index contributed by atoms with van der Waals surface area (Å²) >= 11 is 3.29. The molecular weight excluding hydrogens is 219 g/mol. The average molecular weight is 229 g/mol. The summed E-state index contributed by atoms with van der Waals surface area (Å²) in [5.41, 5.74) is 0.631. The molecule has 1 rings (SSSR count). The van der Waals surface area contributed by atoms with E-state index < -0.39 is 0 Å². The van der Waals surface area contributed by atoms with Crippen LogP contribution in [0.15, 0.2) is 28.7 Å². The zero-order valence-corrected chi connectivity index (χ0v) is 8.44. The molecule has 2 heteroatoms. The third-order valence-electron chi connectivity index (χ3n) is 1.49. The summed E-state index contributed by atoms with van der Waals surface area (Å²) in [5.74, 6) is -0.178. The van der Waals surface area contributed by atoms with Gasteiger partial charge in [-0.15, -0.1) is 0 Å². The molecule has 0 saturated carbocycles. The summed E-state index contributed by atoms with van der Waals surface area (Å²) < 4.78 is 13.9. The molecule has 0 radical (unpaired) electrons. The van der Waals surface area contributed by atoms with Crippen LogP contribution in [-0.4, -0.2) is 0 Å². The summed E-state index contributed by atoms with van der Waals surface area (Å²) in [6, 6.07) is 4.92. The summed E-state index contributed by atoms with van der Waals surface area (Å²) in [6.07, 6.45) is 4.65. The van der Waals surface area contributed by atoms with Crippen molar-refractivity contribution in [2.24, 2.45) is 0 Å². The van der Waals surface area contributed by atoms with E-state index in [0.29, 0.717) is 5.56 Å². The first-order chi connectivity index (χ1) is 5.74. The Morgan fingerprint density at radius 2 is 2.25 bits per heavy atom. The standard InChI is InChI=1S/C10H10BrF/c1-2-3-4-8-7-9(11)5-6-10(8)12/h3-7H,2H2,1H3/b4-3-. The van der Waals surface area contributed by atoms with Gasteiger partial charge in [-0.1, -0.05) is 35.0 Å². The molecule has 64 valence electrons. The van der Waals surface area contributed by atoms with E-state index in [2.05, 4.69) is 15.9 Å². The van der Waals surface area contributed by atoms with Gasteiger partial charge in [0.2, 0.25) is 0 Å². The molecule has 0 aromatic heterocycles. The predicted octanol–water partition coefficient (Wildman–Crippen LogP) is 4.01. The van der Waals surface area contributed by atoms with Gasteiger partial charge in [0.25, 0.3) is 0 Å². The lowest BCUT2D eigenvalue weighted by Crippen LogP contribution is -1.80. The maximum absolute atomic E-state index is 13.0. The fourth-order valence-corrected chi connectivity index (χ4v) is 1.27. The maximum atomic E-state index is 13.0. The monoisotopic (exact) mass is 228 g/mol. The minimum atomic E-state index is -0.178. The van der Waals surface area contributed by atoms with Crippen molar-refractivity contribution in [3.8, 4) is 0 Å². The van der Waals surface area contributed by atoms with E-state index in [1.165, 1.54) is 6.07 Å². The van der Waals surface area contributed by atoms with Gasteiger partial charge < -0.3 is 0 Å². The van der Waals surface area contributed by atoms with Crippen LogP contribution < -0.4 is 0 Å². The van der Waals surface area contributed by atoms with Gasteiger partial charge in [0.05, 0.1) is 0 Å². The van der Waals surface area contributed by atoms with Crippen LogP contribution in [0.25, 0.3) is 6.08 Å². The smallest absolute Gasteiger partial charge is 0.130 e. The zero-order chi connectivity index (χ0) is 8.97. The molecule has 1 aromatic carbocycles. The molecule has 12 heavy (non-hydrogen) atoms. The van der Waals surface area contributed by atoms with E-state index in [4.69, 9.17) is 0 Å². The van der Waals surface area contributed by atoms with E-state index in [-0.39, 0.29) is 5.82 Å². The second-order valence-corrected chi connectivity index (χ2v) is 3.39. The average Bonchev–Trinajstić information content (AvgIpc) is 2.07. The summed E-state index contributed by atoms with van der Waals surface area (Å²) in [5, 5.41) is 0. The van der Waals surface area contributed by atoms with Gasteiger partial charge in [-0.3, -0.25) is 0 Å². The lowest BCUT2D eigenvalue weighted by atomic mass is 10.2. The molecule has 0 aliphatic carbocycles. The van der Waals surface area contributed by atoms with Gasteiger partial charge in [0.1, 0.15) is 5.82 Å². The van der Waals surface area contributed by atoms with Crippen molar-refractivity contribution in [2.45, 2.75) is 13.3 Å². The van der Waals surface area contributed by atoms with E-state index in [9.17, 15) is 4.39 Å². The van der Waals surface area contributed by atoms with Crippen LogP contribution in [0, 0.1) is 5.82 Å². The van der Waals surface area contributed by atoms with Gasteiger partial charge in [0.15, 0.2) is 0 Å². The number of hydrogen-bond acceptors (Lipinski definition) is 0. The Balaban J connectivity index is 2.97. The van der Waals surface area contributed by atoms with Crippen molar-refractivity contribution in [3.05, 3.63) is 40.1 Å². The normalized spacial score (nSPS) is 10.9. The Bertz CT molecular complexity index is 292. The number of allylic oxidation sites excluding steroid dienone is 1. The van der Waals surface area contributed by atoms with Crippen molar-refractivity contribution in [1.82, 2.24) is 0 Å². The van der Waals surface area contributed by atoms with Crippen LogP contribution in [0.4, 0.5) is 4.39 Å². The highest BCUT2D eigenvalue weighted by Crippen LogP contribution is 2.16. The topological polar surface area (TPSA) is 0 Å². The minimum Gasteiger partial charge on any atom is -0.206 e. The Hall–Kier alpha value is -0.630. The number of rotatable bonds is 2. The van der Waals surface area contributed by atoms with E-state index in [0.717, 1.165) is 10.9 Å². The summed E-state index contributed by atoms with van der Waals surface area (Å²) in [4.78, 5) is 0. The van der Waals surface area contributed by atoms with Crippen molar-refractivity contribution < 1.29 is 4.39 Å². The molecule has 0 bridgehead atoms. The van der Waals surface area contributed by atoms with E-state index >= 15 is 0 Å². The van der Waals surface area contributed by atoms with E-state index in [1.54, 1.807) is 18.2 Å². The Kier molecular flexibility index (Phi) is 3.48. The van der Waals surface area contributed by atoms with Crippen LogP contribution >= 0.6 is 15.9 Å². The SMILES string of the molecule is CC/C=C\c1cc(Br)ccc1F. The van der Waals surface area contributed by atoms with Crippen LogP contribution in [0.3, 0.4) is 0 Å². The van der Waals surface area contributed by atoms with Gasteiger partial charge >= 0.3 is 0 Å². The van der Waals surface area contributed by atoms with Crippen molar-refractivity contribution in [1.29, 1.82) is 0 Å². The van der Waals surface area contributed by atoms with Gasteiger partial charge in [-0.2, -0.15) is 0 Å². The number of halogens is 2. The predicted molar refractivity (Wildman–Crippen MR) is 53.4 cm³/mol. The summed E-state index contributed by atoms with van der Waals surface area (Å²) in [7, 11) is 0. The van der Waals surface area contributed by atoms with Gasteiger partial charge in [0, 0.05) is 10.0 Å². The molecular formula is C10H10BrF. The summed E-state index contributed by atoms with van der Waals surface area (Å²) in [6.45, 7) is 2.02. The molecule has 0 unspecified atom stereocenters. The van der Waals surface area contributed by atoms with Crippen molar-refractivity contribution in [2.75, 3.05) is 0 Å². The number of hydrogen-bond donors (Lipinski definition) is 0. The van der Waals surface area contributed by atoms with Crippen LogP contribution in [0.2, 0.25) is 0 Å². The molecule has 0 saturated heterocycles. The Morgan fingerprint density at radius 1 is 1.50 bits per heavy atom.